The summed E-state index contributed by atoms with van der Waals surface area (Å²) in [6.07, 6.45) is 3.47. The van der Waals surface area contributed by atoms with Crippen LogP contribution in [0.1, 0.15) is 38.8 Å². The highest BCUT2D eigenvalue weighted by molar-refractivity contribution is 5.99. The zero-order valence-corrected chi connectivity index (χ0v) is 19.9. The molecule has 8 nitrogen and oxygen atoms in total. The highest BCUT2D eigenvalue weighted by Crippen LogP contribution is 2.16. The lowest BCUT2D eigenvalue weighted by Crippen LogP contribution is -2.48. The topological polar surface area (TPSA) is 86.8 Å². The van der Waals surface area contributed by atoms with Crippen LogP contribution >= 0.6 is 0 Å². The van der Waals surface area contributed by atoms with Gasteiger partial charge in [0.15, 0.2) is 0 Å². The second-order valence-corrected chi connectivity index (χ2v) is 8.40. The van der Waals surface area contributed by atoms with E-state index in [0.29, 0.717) is 23.4 Å². The molecule has 0 radical (unpaired) electrons. The SMILES string of the molecule is CCN1CCN(C(=O)c2ccc(CONC(=O)c3ccccc3NCc3ccncc3)cc2)CC1. The van der Waals surface area contributed by atoms with Gasteiger partial charge in [-0.3, -0.25) is 19.4 Å². The minimum absolute atomic E-state index is 0.0531. The van der Waals surface area contributed by atoms with Crippen molar-refractivity contribution in [3.63, 3.8) is 0 Å². The zero-order chi connectivity index (χ0) is 24.5. The van der Waals surface area contributed by atoms with Crippen molar-refractivity contribution in [3.05, 3.63) is 95.3 Å². The molecule has 0 aliphatic carbocycles. The highest BCUT2D eigenvalue weighted by atomic mass is 16.6. The van der Waals surface area contributed by atoms with Gasteiger partial charge in [0.1, 0.15) is 0 Å². The molecule has 1 saturated heterocycles. The van der Waals surface area contributed by atoms with Crippen molar-refractivity contribution < 1.29 is 14.4 Å². The maximum Gasteiger partial charge on any atom is 0.276 e. The summed E-state index contributed by atoms with van der Waals surface area (Å²) in [5, 5.41) is 3.29. The van der Waals surface area contributed by atoms with Crippen molar-refractivity contribution in [2.75, 3.05) is 38.0 Å². The van der Waals surface area contributed by atoms with Gasteiger partial charge < -0.3 is 15.1 Å². The normalized spacial score (nSPS) is 13.9. The number of carbonyl (C=O) groups excluding carboxylic acids is 2. The number of likely N-dealkylation sites (N-methyl/N-ethyl adjacent to an activating group) is 1. The summed E-state index contributed by atoms with van der Waals surface area (Å²) in [6.45, 7) is 7.26. The van der Waals surface area contributed by atoms with Crippen molar-refractivity contribution >= 4 is 17.5 Å². The summed E-state index contributed by atoms with van der Waals surface area (Å²) < 4.78 is 0. The molecule has 1 aliphatic heterocycles. The first kappa shape index (κ1) is 24.4. The molecule has 1 fully saturated rings. The van der Waals surface area contributed by atoms with Gasteiger partial charge in [-0.25, -0.2) is 5.48 Å². The lowest BCUT2D eigenvalue weighted by molar-refractivity contribution is 0.0234. The third kappa shape index (κ3) is 6.65. The van der Waals surface area contributed by atoms with Crippen LogP contribution in [0.2, 0.25) is 0 Å². The molecule has 0 unspecified atom stereocenters. The van der Waals surface area contributed by atoms with Crippen molar-refractivity contribution in [2.45, 2.75) is 20.1 Å². The van der Waals surface area contributed by atoms with Crippen molar-refractivity contribution in [1.29, 1.82) is 0 Å². The van der Waals surface area contributed by atoms with Crippen LogP contribution in [0.4, 0.5) is 5.69 Å². The fourth-order valence-electron chi connectivity index (χ4n) is 3.97. The quantitative estimate of drug-likeness (QED) is 0.464. The lowest BCUT2D eigenvalue weighted by Gasteiger charge is -2.34. The Morgan fingerprint density at radius 1 is 0.914 bits per heavy atom. The zero-order valence-electron chi connectivity index (χ0n) is 19.9. The molecule has 2 aromatic carbocycles. The standard InChI is InChI=1S/C27H31N5O3/c1-2-31-15-17-32(18-16-31)27(34)23-9-7-22(8-10-23)20-35-30-26(33)24-5-3-4-6-25(24)29-19-21-11-13-28-14-12-21/h3-14,29H,2,15-20H2,1H3,(H,30,33). The predicted molar refractivity (Wildman–Crippen MR) is 135 cm³/mol. The highest BCUT2D eigenvalue weighted by Gasteiger charge is 2.21. The molecule has 4 rings (SSSR count). The van der Waals surface area contributed by atoms with E-state index in [0.717, 1.165) is 43.9 Å². The van der Waals surface area contributed by atoms with Crippen molar-refractivity contribution in [3.8, 4) is 0 Å². The van der Waals surface area contributed by atoms with Gasteiger partial charge in [0.05, 0.1) is 12.2 Å². The number of hydroxylamine groups is 1. The first-order valence-corrected chi connectivity index (χ1v) is 11.9. The lowest BCUT2D eigenvalue weighted by atomic mass is 10.1. The van der Waals surface area contributed by atoms with Crippen LogP contribution in [0, 0.1) is 0 Å². The van der Waals surface area contributed by atoms with Crippen LogP contribution in [0.5, 0.6) is 0 Å². The molecule has 0 atom stereocenters. The minimum Gasteiger partial charge on any atom is -0.380 e. The molecule has 0 saturated carbocycles. The average Bonchev–Trinajstić information content (AvgIpc) is 2.92. The molecule has 0 bridgehead atoms. The molecule has 1 aromatic heterocycles. The molecule has 2 amide bonds. The Bertz CT molecular complexity index is 1110. The third-order valence-corrected chi connectivity index (χ3v) is 6.12. The van der Waals surface area contributed by atoms with Gasteiger partial charge in [-0.2, -0.15) is 0 Å². The van der Waals surface area contributed by atoms with Crippen LogP contribution in [0.3, 0.4) is 0 Å². The number of piperazine rings is 1. The Balaban J connectivity index is 1.26. The molecule has 2 heterocycles. The first-order valence-electron chi connectivity index (χ1n) is 11.9. The summed E-state index contributed by atoms with van der Waals surface area (Å²) in [4.78, 5) is 39.2. The number of carbonyl (C=O) groups is 2. The average molecular weight is 474 g/mol. The third-order valence-electron chi connectivity index (χ3n) is 6.12. The maximum atomic E-state index is 12.8. The molecular formula is C27H31N5O3. The molecule has 3 aromatic rings. The van der Waals surface area contributed by atoms with Crippen LogP contribution in [-0.2, 0) is 18.0 Å². The fourth-order valence-corrected chi connectivity index (χ4v) is 3.97. The molecule has 8 heteroatoms. The van der Waals surface area contributed by atoms with Crippen LogP contribution in [-0.4, -0.2) is 59.3 Å². The van der Waals surface area contributed by atoms with Gasteiger partial charge in [-0.15, -0.1) is 0 Å². The van der Waals surface area contributed by atoms with E-state index in [1.165, 1.54) is 0 Å². The summed E-state index contributed by atoms with van der Waals surface area (Å²) in [6, 6.07) is 18.5. The number of nitrogens with zero attached hydrogens (tertiary/aromatic N) is 3. The van der Waals surface area contributed by atoms with Crippen molar-refractivity contribution in [1.82, 2.24) is 20.3 Å². The fraction of sp³-hybridized carbons (Fsp3) is 0.296. The Morgan fingerprint density at radius 3 is 2.34 bits per heavy atom. The Kier molecular flexibility index (Phi) is 8.43. The molecule has 1 aliphatic rings. The van der Waals surface area contributed by atoms with Crippen LogP contribution < -0.4 is 10.8 Å². The Morgan fingerprint density at radius 2 is 1.63 bits per heavy atom. The predicted octanol–water partition coefficient (Wildman–Crippen LogP) is 3.33. The summed E-state index contributed by atoms with van der Waals surface area (Å²) >= 11 is 0. The second kappa shape index (κ2) is 12.1. The van der Waals surface area contributed by atoms with E-state index < -0.39 is 0 Å². The second-order valence-electron chi connectivity index (χ2n) is 8.40. The number of anilines is 1. The maximum absolute atomic E-state index is 12.8. The molecular weight excluding hydrogens is 442 g/mol. The number of hydrogen-bond donors (Lipinski definition) is 2. The van der Waals surface area contributed by atoms with Gasteiger partial charge in [0, 0.05) is 56.4 Å². The molecule has 2 N–H and O–H groups in total. The number of nitrogens with one attached hydrogen (secondary N) is 2. The van der Waals surface area contributed by atoms with Gasteiger partial charge in [0.2, 0.25) is 0 Å². The van der Waals surface area contributed by atoms with E-state index in [2.05, 4.69) is 27.6 Å². The van der Waals surface area contributed by atoms with E-state index in [1.54, 1.807) is 18.5 Å². The number of benzene rings is 2. The Hall–Kier alpha value is -3.75. The van der Waals surface area contributed by atoms with E-state index >= 15 is 0 Å². The largest absolute Gasteiger partial charge is 0.380 e. The Labute approximate surface area is 205 Å². The van der Waals surface area contributed by atoms with Crippen LogP contribution in [0.15, 0.2) is 73.1 Å². The van der Waals surface area contributed by atoms with E-state index in [-0.39, 0.29) is 18.4 Å². The van der Waals surface area contributed by atoms with Gasteiger partial charge in [0.25, 0.3) is 11.8 Å². The number of hydrogen-bond acceptors (Lipinski definition) is 6. The summed E-state index contributed by atoms with van der Waals surface area (Å²) in [5.74, 6) is -0.279. The van der Waals surface area contributed by atoms with E-state index in [9.17, 15) is 9.59 Å². The summed E-state index contributed by atoms with van der Waals surface area (Å²) in [5.41, 5.74) is 6.32. The number of amides is 2. The molecule has 35 heavy (non-hydrogen) atoms. The van der Waals surface area contributed by atoms with Gasteiger partial charge in [-0.05, 0) is 54.1 Å². The first-order chi connectivity index (χ1) is 17.1. The van der Waals surface area contributed by atoms with Crippen molar-refractivity contribution in [2.24, 2.45) is 0 Å². The number of aromatic nitrogens is 1. The molecule has 182 valence electrons. The van der Waals surface area contributed by atoms with Gasteiger partial charge >= 0.3 is 0 Å². The van der Waals surface area contributed by atoms with Crippen LogP contribution in [0.25, 0.3) is 0 Å². The number of pyridine rings is 1. The number of rotatable bonds is 9. The monoisotopic (exact) mass is 473 g/mol. The van der Waals surface area contributed by atoms with E-state index in [1.807, 2.05) is 59.5 Å². The van der Waals surface area contributed by atoms with E-state index in [4.69, 9.17) is 4.84 Å². The molecule has 0 spiro atoms. The summed E-state index contributed by atoms with van der Waals surface area (Å²) in [7, 11) is 0. The minimum atomic E-state index is -0.333. The van der Waals surface area contributed by atoms with Gasteiger partial charge in [-0.1, -0.05) is 31.2 Å². The number of para-hydroxylation sites is 1. The smallest absolute Gasteiger partial charge is 0.276 e.